The predicted molar refractivity (Wildman–Crippen MR) is 101 cm³/mol. The molecule has 2 heteroatoms. The van der Waals surface area contributed by atoms with Crippen molar-refractivity contribution in [2.24, 2.45) is 17.8 Å². The molecule has 0 radical (unpaired) electrons. The molecule has 3 rings (SSSR count). The summed E-state index contributed by atoms with van der Waals surface area (Å²) in [6.07, 6.45) is 14.4. The summed E-state index contributed by atoms with van der Waals surface area (Å²) in [5, 5.41) is 0. The van der Waals surface area contributed by atoms with E-state index in [1.807, 2.05) is 0 Å². The largest absolute Gasteiger partial charge is 0.207 e. The Kier molecular flexibility index (Phi) is 6.09. The fourth-order valence-electron chi connectivity index (χ4n) is 5.02. The van der Waals surface area contributed by atoms with Gasteiger partial charge >= 0.3 is 0 Å². The molecule has 0 N–H and O–H groups in total. The van der Waals surface area contributed by atoms with Crippen LogP contribution in [0.3, 0.4) is 0 Å². The van der Waals surface area contributed by atoms with Gasteiger partial charge in [-0.2, -0.15) is 0 Å². The van der Waals surface area contributed by atoms with Crippen LogP contribution in [-0.2, 0) is 6.42 Å². The number of benzene rings is 1. The molecule has 0 spiro atoms. The Labute approximate surface area is 151 Å². The molecular weight excluding hydrogens is 314 g/mol. The molecular formula is C23H30F2. The van der Waals surface area contributed by atoms with Crippen LogP contribution in [0.1, 0.15) is 68.9 Å². The number of hydrogen-bond acceptors (Lipinski definition) is 0. The maximum Gasteiger partial charge on any atom is 0.129 e. The van der Waals surface area contributed by atoms with Crippen LogP contribution in [-0.4, -0.2) is 0 Å². The third-order valence-corrected chi connectivity index (χ3v) is 6.35. The molecule has 1 aromatic rings. The predicted octanol–water partition coefficient (Wildman–Crippen LogP) is 6.96. The van der Waals surface area contributed by atoms with E-state index in [1.165, 1.54) is 25.7 Å². The van der Waals surface area contributed by atoms with Crippen LogP contribution < -0.4 is 0 Å². The van der Waals surface area contributed by atoms with Crippen molar-refractivity contribution in [3.63, 3.8) is 0 Å². The Bertz CT molecular complexity index is 608. The first-order valence-electron chi connectivity index (χ1n) is 9.83. The van der Waals surface area contributed by atoms with Gasteiger partial charge in [0.2, 0.25) is 0 Å². The minimum absolute atomic E-state index is 0.212. The summed E-state index contributed by atoms with van der Waals surface area (Å²) in [5.74, 6) is 1.82. The molecule has 0 nitrogen and oxygen atoms in total. The first-order chi connectivity index (χ1) is 12.1. The summed E-state index contributed by atoms with van der Waals surface area (Å²) in [5.41, 5.74) is 1.08. The van der Waals surface area contributed by atoms with Crippen molar-refractivity contribution < 1.29 is 8.78 Å². The van der Waals surface area contributed by atoms with Gasteiger partial charge in [-0.25, -0.2) is 8.78 Å². The number of rotatable bonds is 5. The Hall–Kier alpha value is -1.44. The van der Waals surface area contributed by atoms with Crippen LogP contribution in [0.2, 0.25) is 0 Å². The van der Waals surface area contributed by atoms with E-state index >= 15 is 0 Å². The van der Waals surface area contributed by atoms with Crippen molar-refractivity contribution in [1.29, 1.82) is 0 Å². The summed E-state index contributed by atoms with van der Waals surface area (Å²) >= 11 is 0. The SMILES string of the molecule is C=CCCc1c(F)cc(C2CCC3CC(/C=C/C)CCC3C2)cc1F. The molecule has 0 heterocycles. The van der Waals surface area contributed by atoms with Gasteiger partial charge in [0.15, 0.2) is 0 Å². The molecule has 4 atom stereocenters. The zero-order valence-electron chi connectivity index (χ0n) is 15.3. The molecule has 2 fully saturated rings. The molecule has 0 aromatic heterocycles. The monoisotopic (exact) mass is 344 g/mol. The van der Waals surface area contributed by atoms with E-state index in [2.05, 4.69) is 25.7 Å². The molecule has 2 saturated carbocycles. The number of hydrogen-bond donors (Lipinski definition) is 0. The second-order valence-electron chi connectivity index (χ2n) is 7.92. The van der Waals surface area contributed by atoms with Gasteiger partial charge in [0.05, 0.1) is 0 Å². The molecule has 2 aliphatic rings. The Morgan fingerprint density at radius 1 is 1.04 bits per heavy atom. The Morgan fingerprint density at radius 2 is 1.72 bits per heavy atom. The second kappa shape index (κ2) is 8.29. The van der Waals surface area contributed by atoms with Crippen LogP contribution in [0.4, 0.5) is 8.78 Å². The third kappa shape index (κ3) is 4.22. The highest BCUT2D eigenvalue weighted by Gasteiger charge is 2.35. The van der Waals surface area contributed by atoms with Crippen molar-refractivity contribution >= 4 is 0 Å². The summed E-state index contributed by atoms with van der Waals surface area (Å²) < 4.78 is 28.8. The normalized spacial score (nSPS) is 29.6. The van der Waals surface area contributed by atoms with Gasteiger partial charge in [-0.1, -0.05) is 18.2 Å². The zero-order chi connectivity index (χ0) is 17.8. The van der Waals surface area contributed by atoms with E-state index in [1.54, 1.807) is 18.2 Å². The van der Waals surface area contributed by atoms with Crippen LogP contribution >= 0.6 is 0 Å². The van der Waals surface area contributed by atoms with E-state index in [4.69, 9.17) is 0 Å². The van der Waals surface area contributed by atoms with Gasteiger partial charge in [0.25, 0.3) is 0 Å². The van der Waals surface area contributed by atoms with E-state index in [0.29, 0.717) is 18.8 Å². The summed E-state index contributed by atoms with van der Waals surface area (Å²) in [4.78, 5) is 0. The van der Waals surface area contributed by atoms with E-state index in [0.717, 1.165) is 36.2 Å². The van der Waals surface area contributed by atoms with Gasteiger partial charge < -0.3 is 0 Å². The fourth-order valence-corrected chi connectivity index (χ4v) is 5.02. The third-order valence-electron chi connectivity index (χ3n) is 6.35. The zero-order valence-corrected chi connectivity index (χ0v) is 15.3. The van der Waals surface area contributed by atoms with E-state index < -0.39 is 0 Å². The lowest BCUT2D eigenvalue weighted by Crippen LogP contribution is -2.30. The van der Waals surface area contributed by atoms with Crippen molar-refractivity contribution in [3.8, 4) is 0 Å². The fraction of sp³-hybridized carbons (Fsp3) is 0.565. The number of allylic oxidation sites excluding steroid dienone is 3. The van der Waals surface area contributed by atoms with Crippen LogP contribution in [0.25, 0.3) is 0 Å². The van der Waals surface area contributed by atoms with Crippen molar-refractivity contribution in [1.82, 2.24) is 0 Å². The average molecular weight is 344 g/mol. The highest BCUT2D eigenvalue weighted by molar-refractivity contribution is 5.29. The molecule has 1 aromatic carbocycles. The van der Waals surface area contributed by atoms with Crippen LogP contribution in [0.5, 0.6) is 0 Å². The van der Waals surface area contributed by atoms with E-state index in [-0.39, 0.29) is 17.2 Å². The quantitative estimate of drug-likeness (QED) is 0.506. The van der Waals surface area contributed by atoms with Gasteiger partial charge in [0.1, 0.15) is 11.6 Å². The molecule has 136 valence electrons. The summed E-state index contributed by atoms with van der Waals surface area (Å²) in [7, 11) is 0. The minimum atomic E-state index is -0.379. The molecule has 0 saturated heterocycles. The van der Waals surface area contributed by atoms with E-state index in [9.17, 15) is 8.78 Å². The molecule has 0 amide bonds. The highest BCUT2D eigenvalue weighted by atomic mass is 19.1. The molecule has 0 aliphatic heterocycles. The Balaban J connectivity index is 1.69. The highest BCUT2D eigenvalue weighted by Crippen LogP contribution is 2.48. The maximum absolute atomic E-state index is 14.4. The van der Waals surface area contributed by atoms with Gasteiger partial charge in [-0.15, -0.1) is 6.58 Å². The lowest BCUT2D eigenvalue weighted by molar-refractivity contribution is 0.133. The standard InChI is InChI=1S/C23H30F2/c1-3-5-7-21-22(24)14-20(15-23(21)25)19-11-10-17-12-16(6-4-2)8-9-18(17)13-19/h3-4,6,14-19H,1,5,7-13H2,2H3/b6-4+. The molecule has 4 unspecified atom stereocenters. The van der Waals surface area contributed by atoms with Crippen molar-refractivity contribution in [3.05, 3.63) is 59.7 Å². The first kappa shape index (κ1) is 18.4. The van der Waals surface area contributed by atoms with Crippen molar-refractivity contribution in [2.75, 3.05) is 0 Å². The van der Waals surface area contributed by atoms with Gasteiger partial charge in [-0.05, 0) is 99.7 Å². The Morgan fingerprint density at radius 3 is 2.40 bits per heavy atom. The van der Waals surface area contributed by atoms with Crippen molar-refractivity contribution in [2.45, 2.75) is 64.2 Å². The first-order valence-corrected chi connectivity index (χ1v) is 9.83. The number of halogens is 2. The van der Waals surface area contributed by atoms with Crippen LogP contribution in [0.15, 0.2) is 36.9 Å². The average Bonchev–Trinajstić information content (AvgIpc) is 2.61. The molecule has 25 heavy (non-hydrogen) atoms. The second-order valence-corrected chi connectivity index (χ2v) is 7.92. The topological polar surface area (TPSA) is 0 Å². The van der Waals surface area contributed by atoms with Crippen LogP contribution in [0, 0.1) is 29.4 Å². The smallest absolute Gasteiger partial charge is 0.129 e. The number of fused-ring (bicyclic) bond motifs is 1. The van der Waals surface area contributed by atoms with Gasteiger partial charge in [-0.3, -0.25) is 0 Å². The minimum Gasteiger partial charge on any atom is -0.207 e. The lowest BCUT2D eigenvalue weighted by atomic mass is 9.64. The summed E-state index contributed by atoms with van der Waals surface area (Å²) in [6, 6.07) is 3.19. The molecule has 0 bridgehead atoms. The maximum atomic E-state index is 14.4. The van der Waals surface area contributed by atoms with Gasteiger partial charge in [0, 0.05) is 5.56 Å². The lowest BCUT2D eigenvalue weighted by Gasteiger charge is -2.42. The molecule has 2 aliphatic carbocycles. The summed E-state index contributed by atoms with van der Waals surface area (Å²) in [6.45, 7) is 5.73.